The van der Waals surface area contributed by atoms with Crippen LogP contribution in [0.5, 0.6) is 0 Å². The monoisotopic (exact) mass is 468 g/mol. The van der Waals surface area contributed by atoms with Crippen LogP contribution in [-0.4, -0.2) is 47.9 Å². The van der Waals surface area contributed by atoms with Crippen molar-refractivity contribution in [1.82, 2.24) is 0 Å². The predicted molar refractivity (Wildman–Crippen MR) is 104 cm³/mol. The van der Waals surface area contributed by atoms with Gasteiger partial charge in [0.1, 0.15) is 0 Å². The summed E-state index contributed by atoms with van der Waals surface area (Å²) >= 11 is 1.01. The van der Waals surface area contributed by atoms with Crippen molar-refractivity contribution in [3.05, 3.63) is 60.7 Å². The van der Waals surface area contributed by atoms with Gasteiger partial charge in [0.05, 0.1) is 0 Å². The summed E-state index contributed by atoms with van der Waals surface area (Å²) in [5, 5.41) is 2.33. The maximum atomic E-state index is 6.41. The third-order valence-corrected chi connectivity index (χ3v) is 9.62. The van der Waals surface area contributed by atoms with E-state index in [4.69, 9.17) is 9.47 Å². The van der Waals surface area contributed by atoms with Gasteiger partial charge in [-0.25, -0.2) is 0 Å². The van der Waals surface area contributed by atoms with Crippen LogP contribution >= 0.6 is 0 Å². The zero-order valence-corrected chi connectivity index (χ0v) is 17.7. The second-order valence-corrected chi connectivity index (χ2v) is 11.3. The van der Waals surface area contributed by atoms with Gasteiger partial charge in [-0.05, 0) is 0 Å². The zero-order chi connectivity index (χ0) is 17.0. The van der Waals surface area contributed by atoms with Crippen molar-refractivity contribution in [1.29, 1.82) is 0 Å². The molecule has 25 heavy (non-hydrogen) atoms. The second kappa shape index (κ2) is 8.39. The van der Waals surface area contributed by atoms with Crippen molar-refractivity contribution in [3.63, 3.8) is 0 Å². The molecule has 2 aromatic carbocycles. The fourth-order valence-corrected chi connectivity index (χ4v) is 7.56. The van der Waals surface area contributed by atoms with Crippen LogP contribution < -0.4 is 8.92 Å². The van der Waals surface area contributed by atoms with Crippen molar-refractivity contribution in [2.75, 3.05) is 0 Å². The number of hydrogen-bond acceptors (Lipinski definition) is 2. The molecule has 2 aromatic rings. The summed E-state index contributed by atoms with van der Waals surface area (Å²) in [6.07, 6.45) is 5.25. The Morgan fingerprint density at radius 1 is 0.720 bits per heavy atom. The minimum absolute atomic E-state index is 0.255. The Morgan fingerprint density at radius 3 is 1.60 bits per heavy atom. The molecule has 0 saturated carbocycles. The summed E-state index contributed by atoms with van der Waals surface area (Å²) < 4.78 is 15.8. The Labute approximate surface area is 163 Å². The Bertz CT molecular complexity index is 603. The van der Waals surface area contributed by atoms with Gasteiger partial charge in [0.25, 0.3) is 0 Å². The summed E-state index contributed by atoms with van der Waals surface area (Å²) in [6.45, 7) is 0. The van der Waals surface area contributed by atoms with Gasteiger partial charge in [-0.3, -0.25) is 0 Å². The van der Waals surface area contributed by atoms with E-state index in [0.29, 0.717) is 42.1 Å². The molecule has 0 N–H and O–H groups in total. The molecular weight excluding hydrogens is 442 g/mol. The van der Waals surface area contributed by atoms with E-state index in [1.165, 1.54) is 19.6 Å². The van der Waals surface area contributed by atoms with Crippen molar-refractivity contribution >= 4 is 38.8 Å². The summed E-state index contributed by atoms with van der Waals surface area (Å²) in [7, 11) is 0. The van der Waals surface area contributed by atoms with Crippen molar-refractivity contribution in [2.24, 2.45) is 0 Å². The standard InChI is InChI=1S/C21H24O2Se2/c1-3-7-19(8-4-1)24-15-17-11-13-21(22-17)14-12-18(23-21)16-25-20-9-5-2-6-10-20/h1-10,17-18H,11-16H2/t17-,18-,21?/m0/s1. The normalized spacial score (nSPS) is 24.8. The van der Waals surface area contributed by atoms with Gasteiger partial charge in [0.2, 0.25) is 0 Å². The van der Waals surface area contributed by atoms with Crippen LogP contribution in [-0.2, 0) is 9.47 Å². The number of rotatable bonds is 6. The molecule has 2 aliphatic heterocycles. The van der Waals surface area contributed by atoms with Crippen LogP contribution in [0.1, 0.15) is 25.7 Å². The van der Waals surface area contributed by atoms with Crippen LogP contribution in [0.25, 0.3) is 0 Å². The molecule has 0 radical (unpaired) electrons. The van der Waals surface area contributed by atoms with E-state index in [-0.39, 0.29) is 5.79 Å². The van der Waals surface area contributed by atoms with Gasteiger partial charge in [-0.15, -0.1) is 0 Å². The van der Waals surface area contributed by atoms with Crippen molar-refractivity contribution in [3.8, 4) is 0 Å². The number of benzene rings is 2. The third kappa shape index (κ3) is 4.77. The summed E-state index contributed by atoms with van der Waals surface area (Å²) in [4.78, 5) is 0. The molecule has 132 valence electrons. The molecule has 0 aliphatic carbocycles. The maximum absolute atomic E-state index is 6.41. The van der Waals surface area contributed by atoms with Crippen molar-refractivity contribution in [2.45, 2.75) is 54.3 Å². The fourth-order valence-electron chi connectivity index (χ4n) is 3.52. The van der Waals surface area contributed by atoms with E-state index in [2.05, 4.69) is 60.7 Å². The molecule has 0 aromatic heterocycles. The Balaban J connectivity index is 1.24. The SMILES string of the molecule is c1ccc([Se]C[C@@H]2CCC3(CC[C@@H](C[Se]c4ccccc4)O3)O2)cc1. The van der Waals surface area contributed by atoms with Crippen LogP contribution in [0.3, 0.4) is 0 Å². The third-order valence-electron chi connectivity index (χ3n) is 4.82. The van der Waals surface area contributed by atoms with Crippen molar-refractivity contribution < 1.29 is 9.47 Å². The Kier molecular flexibility index (Phi) is 5.97. The van der Waals surface area contributed by atoms with Gasteiger partial charge in [-0.2, -0.15) is 0 Å². The molecule has 2 nitrogen and oxygen atoms in total. The molecule has 2 fully saturated rings. The van der Waals surface area contributed by atoms with Gasteiger partial charge in [0, 0.05) is 0 Å². The van der Waals surface area contributed by atoms with Crippen LogP contribution in [0.4, 0.5) is 0 Å². The predicted octanol–water partition coefficient (Wildman–Crippen LogP) is 2.94. The quantitative estimate of drug-likeness (QED) is 0.610. The van der Waals surface area contributed by atoms with Gasteiger partial charge in [0.15, 0.2) is 0 Å². The molecule has 4 heteroatoms. The van der Waals surface area contributed by atoms with Crippen LogP contribution in [0, 0.1) is 0 Å². The fraction of sp³-hybridized carbons (Fsp3) is 0.429. The van der Waals surface area contributed by atoms with E-state index in [1.54, 1.807) is 0 Å². The first kappa shape index (κ1) is 17.8. The molecule has 2 saturated heterocycles. The second-order valence-electron chi connectivity index (χ2n) is 6.72. The Morgan fingerprint density at radius 2 is 1.16 bits per heavy atom. The first-order chi connectivity index (χ1) is 12.3. The van der Waals surface area contributed by atoms with E-state index >= 15 is 0 Å². The molecular formula is C21H24O2Se2. The number of ether oxygens (including phenoxy) is 2. The average molecular weight is 466 g/mol. The van der Waals surface area contributed by atoms with Gasteiger partial charge in [-0.1, -0.05) is 0 Å². The molecule has 4 rings (SSSR count). The first-order valence-corrected chi connectivity index (χ1v) is 13.2. The van der Waals surface area contributed by atoms with E-state index in [9.17, 15) is 0 Å². The molecule has 2 atom stereocenters. The minimum atomic E-state index is -0.255. The van der Waals surface area contributed by atoms with Gasteiger partial charge < -0.3 is 0 Å². The van der Waals surface area contributed by atoms with E-state index in [1.807, 2.05) is 0 Å². The summed E-state index contributed by atoms with van der Waals surface area (Å²) in [5.74, 6) is -0.255. The molecule has 0 amide bonds. The molecule has 2 aliphatic rings. The first-order valence-electron chi connectivity index (χ1n) is 9.03. The zero-order valence-electron chi connectivity index (χ0n) is 14.3. The topological polar surface area (TPSA) is 18.5 Å². The van der Waals surface area contributed by atoms with Crippen LogP contribution in [0.2, 0.25) is 10.6 Å². The average Bonchev–Trinajstić information content (AvgIpc) is 3.26. The van der Waals surface area contributed by atoms with E-state index in [0.717, 1.165) is 25.7 Å². The molecule has 2 heterocycles. The van der Waals surface area contributed by atoms with Gasteiger partial charge >= 0.3 is 163 Å². The Hall–Kier alpha value is -0.601. The molecule has 0 unspecified atom stereocenters. The molecule has 0 bridgehead atoms. The number of hydrogen-bond donors (Lipinski definition) is 0. The van der Waals surface area contributed by atoms with Crippen LogP contribution in [0.15, 0.2) is 60.7 Å². The summed E-state index contributed by atoms with van der Waals surface area (Å²) in [6, 6.07) is 21.6. The molecule has 1 spiro atoms. The van der Waals surface area contributed by atoms with E-state index < -0.39 is 0 Å². The summed E-state index contributed by atoms with van der Waals surface area (Å²) in [5.41, 5.74) is 0.